The van der Waals surface area contributed by atoms with E-state index < -0.39 is 55.5 Å². The van der Waals surface area contributed by atoms with Crippen molar-refractivity contribution >= 4 is 17.9 Å². The van der Waals surface area contributed by atoms with E-state index in [1.807, 2.05) is 0 Å². The maximum Gasteiger partial charge on any atom is 0.340 e. The van der Waals surface area contributed by atoms with Gasteiger partial charge >= 0.3 is 17.9 Å². The fraction of sp³-hybridized carbons (Fsp3) is 0.250. The topological polar surface area (TPSA) is 178 Å². The molecule has 0 spiro atoms. The number of carbonyl (C=O) groups excluding carboxylic acids is 3. The van der Waals surface area contributed by atoms with Crippen LogP contribution in [0.1, 0.15) is 31.1 Å². The van der Waals surface area contributed by atoms with Crippen molar-refractivity contribution in [2.75, 3.05) is 13.2 Å². The second-order valence-electron chi connectivity index (χ2n) is 7.34. The number of hydrogen-bond donors (Lipinski definition) is 3. The Labute approximate surface area is 205 Å². The number of rotatable bonds is 11. The summed E-state index contributed by atoms with van der Waals surface area (Å²) in [5.41, 5.74) is 0.0659. The van der Waals surface area contributed by atoms with Gasteiger partial charge in [0, 0.05) is 37.2 Å². The molecule has 0 amide bonds. The van der Waals surface area contributed by atoms with Crippen molar-refractivity contribution in [2.45, 2.75) is 24.4 Å². The molecule has 3 aromatic rings. The number of aromatic nitrogens is 3. The lowest BCUT2D eigenvalue weighted by atomic mass is 10.0. The van der Waals surface area contributed by atoms with Crippen molar-refractivity contribution in [3.8, 4) is 0 Å². The Kier molecular flexibility index (Phi) is 9.51. The molecular formula is C24H23N3O9. The summed E-state index contributed by atoms with van der Waals surface area (Å²) < 4.78 is 15.8. The SMILES string of the molecule is O=C(O[C@@H]([C@H](O)[C@@H](CO)OC(=O)c1cccnc1)[C@@H](CO)OC(=O)c1cccnc1)c1cccnc1. The van der Waals surface area contributed by atoms with E-state index in [0.29, 0.717) is 0 Å². The van der Waals surface area contributed by atoms with E-state index in [9.17, 15) is 29.7 Å². The molecule has 36 heavy (non-hydrogen) atoms. The highest BCUT2D eigenvalue weighted by Gasteiger charge is 2.41. The maximum atomic E-state index is 12.7. The van der Waals surface area contributed by atoms with Crippen molar-refractivity contribution in [1.29, 1.82) is 0 Å². The van der Waals surface area contributed by atoms with Gasteiger partial charge in [0.25, 0.3) is 0 Å². The third-order valence-corrected chi connectivity index (χ3v) is 4.90. The lowest BCUT2D eigenvalue weighted by Gasteiger charge is -2.32. The van der Waals surface area contributed by atoms with Crippen molar-refractivity contribution in [1.82, 2.24) is 15.0 Å². The molecule has 0 unspecified atom stereocenters. The molecule has 0 saturated carbocycles. The average molecular weight is 497 g/mol. The summed E-state index contributed by atoms with van der Waals surface area (Å²) in [4.78, 5) is 49.1. The number of carbonyl (C=O) groups is 3. The predicted octanol–water partition coefficient (Wildman–Crippen LogP) is 0.194. The van der Waals surface area contributed by atoms with Gasteiger partial charge in [-0.3, -0.25) is 15.0 Å². The first-order chi connectivity index (χ1) is 17.4. The number of esters is 3. The minimum absolute atomic E-state index is 0.00196. The molecule has 0 fully saturated rings. The quantitative estimate of drug-likeness (QED) is 0.242. The van der Waals surface area contributed by atoms with Gasteiger partial charge in [-0.15, -0.1) is 0 Å². The largest absolute Gasteiger partial charge is 0.453 e. The minimum atomic E-state index is -1.92. The highest BCUT2D eigenvalue weighted by Crippen LogP contribution is 2.19. The molecule has 0 radical (unpaired) electrons. The molecule has 0 aliphatic rings. The summed E-state index contributed by atoms with van der Waals surface area (Å²) in [6.07, 6.45) is 1.01. The van der Waals surface area contributed by atoms with E-state index in [2.05, 4.69) is 15.0 Å². The summed E-state index contributed by atoms with van der Waals surface area (Å²) in [6.45, 7) is -1.77. The van der Waals surface area contributed by atoms with Crippen molar-refractivity contribution in [3.63, 3.8) is 0 Å². The van der Waals surface area contributed by atoms with Crippen LogP contribution in [0.4, 0.5) is 0 Å². The van der Waals surface area contributed by atoms with Gasteiger partial charge < -0.3 is 29.5 Å². The van der Waals surface area contributed by atoms with Crippen LogP contribution in [0.5, 0.6) is 0 Å². The lowest BCUT2D eigenvalue weighted by Crippen LogP contribution is -2.52. The summed E-state index contributed by atoms with van der Waals surface area (Å²) in [7, 11) is 0. The number of aliphatic hydroxyl groups excluding tert-OH is 3. The number of nitrogens with zero attached hydrogens (tertiary/aromatic N) is 3. The summed E-state index contributed by atoms with van der Waals surface area (Å²) in [5, 5.41) is 30.8. The number of pyridine rings is 3. The van der Waals surface area contributed by atoms with Gasteiger partial charge in [0.2, 0.25) is 0 Å². The van der Waals surface area contributed by atoms with Crippen LogP contribution in [-0.2, 0) is 14.2 Å². The Morgan fingerprint density at radius 3 is 1.42 bits per heavy atom. The van der Waals surface area contributed by atoms with Crippen LogP contribution >= 0.6 is 0 Å². The third kappa shape index (κ3) is 6.88. The highest BCUT2D eigenvalue weighted by molar-refractivity contribution is 5.90. The van der Waals surface area contributed by atoms with Crippen LogP contribution in [-0.4, -0.2) is 85.8 Å². The third-order valence-electron chi connectivity index (χ3n) is 4.90. The van der Waals surface area contributed by atoms with Gasteiger partial charge in [0.1, 0.15) is 6.10 Å². The Hall–Kier alpha value is -4.26. The fourth-order valence-electron chi connectivity index (χ4n) is 3.05. The van der Waals surface area contributed by atoms with Crippen LogP contribution in [0, 0.1) is 0 Å². The Bertz CT molecular complexity index is 1130. The first-order valence-electron chi connectivity index (χ1n) is 10.7. The molecule has 3 N–H and O–H groups in total. The zero-order chi connectivity index (χ0) is 25.9. The van der Waals surface area contributed by atoms with Gasteiger partial charge in [-0.1, -0.05) is 0 Å². The van der Waals surface area contributed by atoms with Gasteiger partial charge in [-0.25, -0.2) is 14.4 Å². The minimum Gasteiger partial charge on any atom is -0.453 e. The molecule has 12 nitrogen and oxygen atoms in total. The average Bonchev–Trinajstić information content (AvgIpc) is 2.94. The molecule has 0 saturated heterocycles. The molecule has 3 heterocycles. The summed E-state index contributed by atoms with van der Waals surface area (Å²) in [6, 6.07) is 8.64. The number of ether oxygens (including phenoxy) is 3. The number of aliphatic hydroxyl groups is 3. The zero-order valence-corrected chi connectivity index (χ0v) is 18.8. The normalized spacial score (nSPS) is 14.1. The van der Waals surface area contributed by atoms with E-state index in [1.165, 1.54) is 73.6 Å². The van der Waals surface area contributed by atoms with Crippen molar-refractivity contribution < 1.29 is 43.9 Å². The molecule has 12 heteroatoms. The van der Waals surface area contributed by atoms with Gasteiger partial charge in [-0.2, -0.15) is 0 Å². The smallest absolute Gasteiger partial charge is 0.340 e. The van der Waals surface area contributed by atoms with Gasteiger partial charge in [-0.05, 0) is 36.4 Å². The molecule has 0 aliphatic carbocycles. The van der Waals surface area contributed by atoms with E-state index in [-0.39, 0.29) is 16.7 Å². The van der Waals surface area contributed by atoms with E-state index >= 15 is 0 Å². The van der Waals surface area contributed by atoms with Gasteiger partial charge in [0.15, 0.2) is 18.3 Å². The van der Waals surface area contributed by atoms with Gasteiger partial charge in [0.05, 0.1) is 29.9 Å². The first kappa shape index (κ1) is 26.3. The summed E-state index contributed by atoms with van der Waals surface area (Å²) >= 11 is 0. The second kappa shape index (κ2) is 13.0. The molecular weight excluding hydrogens is 474 g/mol. The molecule has 0 aliphatic heterocycles. The predicted molar refractivity (Wildman–Crippen MR) is 120 cm³/mol. The van der Waals surface area contributed by atoms with Crippen LogP contribution in [0.15, 0.2) is 73.6 Å². The van der Waals surface area contributed by atoms with Crippen LogP contribution in [0.2, 0.25) is 0 Å². The molecule has 4 atom stereocenters. The van der Waals surface area contributed by atoms with E-state index in [1.54, 1.807) is 0 Å². The Morgan fingerprint density at radius 1 is 0.667 bits per heavy atom. The maximum absolute atomic E-state index is 12.7. The Balaban J connectivity index is 1.85. The van der Waals surface area contributed by atoms with Crippen molar-refractivity contribution in [2.24, 2.45) is 0 Å². The monoisotopic (exact) mass is 497 g/mol. The zero-order valence-electron chi connectivity index (χ0n) is 18.8. The van der Waals surface area contributed by atoms with Crippen LogP contribution in [0.25, 0.3) is 0 Å². The van der Waals surface area contributed by atoms with E-state index in [0.717, 1.165) is 0 Å². The molecule has 188 valence electrons. The molecule has 0 bridgehead atoms. The van der Waals surface area contributed by atoms with Crippen LogP contribution in [0.3, 0.4) is 0 Å². The molecule has 3 aromatic heterocycles. The highest BCUT2D eigenvalue weighted by atomic mass is 16.6. The number of hydrogen-bond acceptors (Lipinski definition) is 12. The van der Waals surface area contributed by atoms with Crippen molar-refractivity contribution in [3.05, 3.63) is 90.3 Å². The first-order valence-corrected chi connectivity index (χ1v) is 10.7. The molecule has 0 aromatic carbocycles. The van der Waals surface area contributed by atoms with Crippen LogP contribution < -0.4 is 0 Å². The molecule has 3 rings (SSSR count). The van der Waals surface area contributed by atoms with E-state index in [4.69, 9.17) is 14.2 Å². The lowest BCUT2D eigenvalue weighted by molar-refractivity contribution is -0.133. The second-order valence-corrected chi connectivity index (χ2v) is 7.34. The summed E-state index contributed by atoms with van der Waals surface area (Å²) in [5.74, 6) is -2.82. The standard InChI is InChI=1S/C24H23N3O9/c28-13-18(34-22(31)15-4-1-7-25-10-15)20(30)21(36-24(33)17-6-3-9-27-12-17)19(14-29)35-23(32)16-5-2-8-26-11-16/h1-12,18-21,28-30H,13-14H2/t18-,19-,20-,21-/m1/s1. The Morgan fingerprint density at radius 2 is 1.06 bits per heavy atom. The fourth-order valence-corrected chi connectivity index (χ4v) is 3.05.